The van der Waals surface area contributed by atoms with Crippen molar-refractivity contribution in [1.29, 1.82) is 0 Å². The van der Waals surface area contributed by atoms with Gasteiger partial charge < -0.3 is 5.73 Å². The second-order valence-electron chi connectivity index (χ2n) is 6.57. The van der Waals surface area contributed by atoms with Gasteiger partial charge in [-0.2, -0.15) is 0 Å². The van der Waals surface area contributed by atoms with Crippen LogP contribution in [0.2, 0.25) is 0 Å². The smallest absolute Gasteiger partial charge is 0.159 e. The Morgan fingerprint density at radius 2 is 1.83 bits per heavy atom. The van der Waals surface area contributed by atoms with Crippen molar-refractivity contribution in [2.75, 3.05) is 19.6 Å². The molecule has 0 aliphatic carbocycles. The van der Waals surface area contributed by atoms with Gasteiger partial charge in [0, 0.05) is 36.6 Å². The molecule has 1 unspecified atom stereocenters. The minimum atomic E-state index is 0.640. The number of nitrogens with zero attached hydrogens (tertiary/aromatic N) is 3. The first-order valence-corrected chi connectivity index (χ1v) is 8.55. The van der Waals surface area contributed by atoms with Gasteiger partial charge in [0.25, 0.3) is 0 Å². The molecule has 4 nitrogen and oxygen atoms in total. The average molecular weight is 318 g/mol. The molecule has 0 spiro atoms. The number of rotatable bonds is 4. The van der Waals surface area contributed by atoms with Gasteiger partial charge in [0.2, 0.25) is 0 Å². The maximum absolute atomic E-state index is 5.77. The predicted octanol–water partition coefficient (Wildman–Crippen LogP) is 3.08. The molecule has 4 rings (SSSR count). The Balaban J connectivity index is 1.55. The topological polar surface area (TPSA) is 55.0 Å². The molecular weight excluding hydrogens is 296 g/mol. The lowest BCUT2D eigenvalue weighted by atomic mass is 10.0. The third kappa shape index (κ3) is 3.03. The van der Waals surface area contributed by atoms with Crippen LogP contribution in [-0.2, 0) is 6.54 Å². The van der Waals surface area contributed by atoms with Crippen molar-refractivity contribution in [2.45, 2.75) is 13.0 Å². The summed E-state index contributed by atoms with van der Waals surface area (Å²) in [7, 11) is 0. The van der Waals surface area contributed by atoms with Crippen LogP contribution in [0.1, 0.15) is 12.0 Å². The first-order chi connectivity index (χ1) is 11.8. The van der Waals surface area contributed by atoms with E-state index in [-0.39, 0.29) is 0 Å². The van der Waals surface area contributed by atoms with E-state index in [0.29, 0.717) is 5.92 Å². The summed E-state index contributed by atoms with van der Waals surface area (Å²) in [5.74, 6) is 1.43. The quantitative estimate of drug-likeness (QED) is 0.803. The lowest BCUT2D eigenvalue weighted by Crippen LogP contribution is -2.22. The SMILES string of the molecule is NCC1CCN(Cc2cnc(-c3cccc4ccccc34)nc2)C1. The zero-order valence-corrected chi connectivity index (χ0v) is 13.7. The highest BCUT2D eigenvalue weighted by Gasteiger charge is 2.21. The summed E-state index contributed by atoms with van der Waals surface area (Å²) in [6.07, 6.45) is 5.12. The molecule has 1 fully saturated rings. The summed E-state index contributed by atoms with van der Waals surface area (Å²) < 4.78 is 0. The van der Waals surface area contributed by atoms with E-state index in [1.54, 1.807) is 0 Å². The number of likely N-dealkylation sites (tertiary alicyclic amines) is 1. The van der Waals surface area contributed by atoms with Crippen molar-refractivity contribution < 1.29 is 0 Å². The van der Waals surface area contributed by atoms with Crippen molar-refractivity contribution in [1.82, 2.24) is 14.9 Å². The highest BCUT2D eigenvalue weighted by atomic mass is 15.1. The van der Waals surface area contributed by atoms with Crippen molar-refractivity contribution in [3.63, 3.8) is 0 Å². The van der Waals surface area contributed by atoms with Gasteiger partial charge >= 0.3 is 0 Å². The van der Waals surface area contributed by atoms with Crippen molar-refractivity contribution in [2.24, 2.45) is 11.7 Å². The number of hydrogen-bond donors (Lipinski definition) is 1. The van der Waals surface area contributed by atoms with Gasteiger partial charge in [-0.25, -0.2) is 9.97 Å². The van der Waals surface area contributed by atoms with Crippen molar-refractivity contribution >= 4 is 10.8 Å². The van der Waals surface area contributed by atoms with Crippen LogP contribution in [0.3, 0.4) is 0 Å². The second kappa shape index (κ2) is 6.67. The molecule has 0 amide bonds. The fourth-order valence-electron chi connectivity index (χ4n) is 3.50. The molecule has 1 aromatic heterocycles. The van der Waals surface area contributed by atoms with Gasteiger partial charge in [-0.1, -0.05) is 42.5 Å². The molecule has 122 valence electrons. The van der Waals surface area contributed by atoms with Crippen LogP contribution in [0, 0.1) is 5.92 Å². The summed E-state index contributed by atoms with van der Waals surface area (Å²) in [5.41, 5.74) is 8.02. The fraction of sp³-hybridized carbons (Fsp3) is 0.300. The molecule has 0 bridgehead atoms. The fourth-order valence-corrected chi connectivity index (χ4v) is 3.50. The zero-order chi connectivity index (χ0) is 16.4. The maximum Gasteiger partial charge on any atom is 0.159 e. The molecule has 2 heterocycles. The van der Waals surface area contributed by atoms with Crippen LogP contribution in [0.15, 0.2) is 54.9 Å². The van der Waals surface area contributed by atoms with Crippen LogP contribution in [0.5, 0.6) is 0 Å². The highest BCUT2D eigenvalue weighted by Crippen LogP contribution is 2.26. The van der Waals surface area contributed by atoms with E-state index >= 15 is 0 Å². The summed E-state index contributed by atoms with van der Waals surface area (Å²) >= 11 is 0. The number of fused-ring (bicyclic) bond motifs is 1. The lowest BCUT2D eigenvalue weighted by Gasteiger charge is -2.15. The highest BCUT2D eigenvalue weighted by molar-refractivity contribution is 5.94. The molecule has 1 saturated heterocycles. The molecule has 1 aliphatic heterocycles. The van der Waals surface area contributed by atoms with E-state index in [2.05, 4.69) is 57.3 Å². The van der Waals surface area contributed by atoms with E-state index in [0.717, 1.165) is 43.1 Å². The molecule has 4 heteroatoms. The Bertz CT molecular complexity index is 823. The van der Waals surface area contributed by atoms with E-state index in [4.69, 9.17) is 5.73 Å². The summed E-state index contributed by atoms with van der Waals surface area (Å²) in [4.78, 5) is 11.7. The maximum atomic E-state index is 5.77. The second-order valence-corrected chi connectivity index (χ2v) is 6.57. The Kier molecular flexibility index (Phi) is 4.24. The minimum absolute atomic E-state index is 0.640. The molecule has 0 radical (unpaired) electrons. The molecule has 1 atom stereocenters. The van der Waals surface area contributed by atoms with Crippen molar-refractivity contribution in [3.05, 3.63) is 60.4 Å². The van der Waals surface area contributed by atoms with Gasteiger partial charge in [-0.05, 0) is 36.2 Å². The molecular formula is C20H22N4. The summed E-state index contributed by atoms with van der Waals surface area (Å²) in [6, 6.07) is 14.6. The molecule has 0 saturated carbocycles. The Hall–Kier alpha value is -2.30. The average Bonchev–Trinajstić information content (AvgIpc) is 3.09. The number of hydrogen-bond acceptors (Lipinski definition) is 4. The molecule has 3 aromatic rings. The first-order valence-electron chi connectivity index (χ1n) is 8.55. The van der Waals surface area contributed by atoms with Gasteiger partial charge in [0.05, 0.1) is 0 Å². The van der Waals surface area contributed by atoms with E-state index < -0.39 is 0 Å². The first kappa shape index (κ1) is 15.2. The summed E-state index contributed by atoms with van der Waals surface area (Å²) in [6.45, 7) is 3.90. The van der Waals surface area contributed by atoms with Gasteiger partial charge in [0.1, 0.15) is 0 Å². The third-order valence-electron chi connectivity index (χ3n) is 4.85. The van der Waals surface area contributed by atoms with Crippen LogP contribution >= 0.6 is 0 Å². The standard InChI is InChI=1S/C20H22N4/c21-10-15-8-9-24(13-15)14-16-11-22-20(23-12-16)19-7-3-5-17-4-1-2-6-18(17)19/h1-7,11-12,15H,8-10,13-14,21H2. The van der Waals surface area contributed by atoms with E-state index in [1.165, 1.54) is 17.2 Å². The molecule has 24 heavy (non-hydrogen) atoms. The number of nitrogens with two attached hydrogens (primary N) is 1. The van der Waals surface area contributed by atoms with Crippen molar-refractivity contribution in [3.8, 4) is 11.4 Å². The van der Waals surface area contributed by atoms with Gasteiger partial charge in [-0.3, -0.25) is 4.90 Å². The molecule has 1 aliphatic rings. The predicted molar refractivity (Wildman–Crippen MR) is 97.4 cm³/mol. The molecule has 2 aromatic carbocycles. The lowest BCUT2D eigenvalue weighted by molar-refractivity contribution is 0.317. The normalized spacial score (nSPS) is 18.3. The summed E-state index contributed by atoms with van der Waals surface area (Å²) in [5, 5.41) is 2.41. The monoisotopic (exact) mass is 318 g/mol. The Labute approximate surface area is 142 Å². The van der Waals surface area contributed by atoms with Gasteiger partial charge in [0.15, 0.2) is 5.82 Å². The number of aromatic nitrogens is 2. The number of benzene rings is 2. The molecule has 2 N–H and O–H groups in total. The Morgan fingerprint density at radius 3 is 2.62 bits per heavy atom. The van der Waals surface area contributed by atoms with E-state index in [1.807, 2.05) is 12.4 Å². The Morgan fingerprint density at radius 1 is 1.04 bits per heavy atom. The zero-order valence-electron chi connectivity index (χ0n) is 13.7. The van der Waals surface area contributed by atoms with Crippen LogP contribution in [-0.4, -0.2) is 34.5 Å². The van der Waals surface area contributed by atoms with Crippen LogP contribution in [0.4, 0.5) is 0 Å². The van der Waals surface area contributed by atoms with Gasteiger partial charge in [-0.15, -0.1) is 0 Å². The largest absolute Gasteiger partial charge is 0.330 e. The third-order valence-corrected chi connectivity index (χ3v) is 4.85. The van der Waals surface area contributed by atoms with E-state index in [9.17, 15) is 0 Å². The van der Waals surface area contributed by atoms with Crippen LogP contribution in [0.25, 0.3) is 22.2 Å². The van der Waals surface area contributed by atoms with Crippen LogP contribution < -0.4 is 5.73 Å². The minimum Gasteiger partial charge on any atom is -0.330 e.